The second-order valence-corrected chi connectivity index (χ2v) is 4.63. The quantitative estimate of drug-likeness (QED) is 0.750. The van der Waals surface area contributed by atoms with Crippen LogP contribution in [0.5, 0.6) is 0 Å². The van der Waals surface area contributed by atoms with Gasteiger partial charge in [-0.1, -0.05) is 25.8 Å². The maximum Gasteiger partial charge on any atom is 0.328 e. The Morgan fingerprint density at radius 1 is 1.50 bits per heavy atom. The Morgan fingerprint density at radius 2 is 2.25 bits per heavy atom. The van der Waals surface area contributed by atoms with Crippen LogP contribution in [0.15, 0.2) is 24.4 Å². The van der Waals surface area contributed by atoms with Gasteiger partial charge in [-0.05, 0) is 25.5 Å². The lowest BCUT2D eigenvalue weighted by Crippen LogP contribution is -2.33. The highest BCUT2D eigenvalue weighted by Gasteiger charge is 2.13. The molecule has 0 aliphatic carbocycles. The van der Waals surface area contributed by atoms with E-state index in [1.165, 1.54) is 12.3 Å². The fourth-order valence-electron chi connectivity index (χ4n) is 1.78. The van der Waals surface area contributed by atoms with Gasteiger partial charge in [-0.2, -0.15) is 0 Å². The number of unbranched alkanes of at least 4 members (excludes halogenated alkanes) is 1. The molecular weight excluding hydrogens is 256 g/mol. The molecule has 5 heteroatoms. The van der Waals surface area contributed by atoms with Crippen molar-refractivity contribution in [3.63, 3.8) is 0 Å². The molecule has 0 radical (unpaired) electrons. The second-order valence-electron chi connectivity index (χ2n) is 4.63. The normalized spacial score (nSPS) is 12.3. The molecule has 1 heterocycles. The Morgan fingerprint density at radius 3 is 2.90 bits per heavy atom. The van der Waals surface area contributed by atoms with Gasteiger partial charge < -0.3 is 10.4 Å². The van der Waals surface area contributed by atoms with Crippen LogP contribution in [0.3, 0.4) is 0 Å². The summed E-state index contributed by atoms with van der Waals surface area (Å²) in [5.41, 5.74) is 0.739. The number of carbonyl (C=O) groups is 2. The topological polar surface area (TPSA) is 79.3 Å². The number of aliphatic carboxylic acids is 1. The number of carboxylic acid groups (broad SMARTS) is 1. The van der Waals surface area contributed by atoms with Crippen molar-refractivity contribution in [2.24, 2.45) is 0 Å². The molecule has 2 N–H and O–H groups in total. The number of rotatable bonds is 7. The number of pyridine rings is 1. The first-order chi connectivity index (χ1) is 9.54. The summed E-state index contributed by atoms with van der Waals surface area (Å²) in [7, 11) is 0. The van der Waals surface area contributed by atoms with Crippen LogP contribution in [0, 0.1) is 0 Å². The van der Waals surface area contributed by atoms with Gasteiger partial charge in [-0.25, -0.2) is 4.79 Å². The molecule has 0 aromatic carbocycles. The summed E-state index contributed by atoms with van der Waals surface area (Å²) in [5.74, 6) is -1.34. The highest BCUT2D eigenvalue weighted by atomic mass is 16.4. The van der Waals surface area contributed by atoms with E-state index in [0.717, 1.165) is 25.3 Å². The van der Waals surface area contributed by atoms with Crippen molar-refractivity contribution in [3.8, 4) is 0 Å². The third-order valence-electron chi connectivity index (χ3n) is 2.83. The molecular formula is C15H20N2O3. The molecule has 5 nitrogen and oxygen atoms in total. The van der Waals surface area contributed by atoms with Gasteiger partial charge in [0.15, 0.2) is 0 Å². The molecule has 0 fully saturated rings. The van der Waals surface area contributed by atoms with E-state index in [4.69, 9.17) is 5.11 Å². The van der Waals surface area contributed by atoms with Gasteiger partial charge in [0.25, 0.3) is 5.91 Å². The molecule has 0 aliphatic rings. The number of hydrogen-bond donors (Lipinski definition) is 2. The average Bonchev–Trinajstić information content (AvgIpc) is 2.43. The summed E-state index contributed by atoms with van der Waals surface area (Å²) >= 11 is 0. The smallest absolute Gasteiger partial charge is 0.328 e. The van der Waals surface area contributed by atoms with E-state index in [1.807, 2.05) is 6.92 Å². The Hall–Kier alpha value is -2.17. The lowest BCUT2D eigenvalue weighted by atomic mass is 10.1. The van der Waals surface area contributed by atoms with Gasteiger partial charge >= 0.3 is 5.97 Å². The Labute approximate surface area is 118 Å². The molecule has 1 unspecified atom stereocenters. The highest BCUT2D eigenvalue weighted by Crippen LogP contribution is 2.09. The number of aromatic nitrogens is 1. The predicted octanol–water partition coefficient (Wildman–Crippen LogP) is 2.49. The zero-order valence-electron chi connectivity index (χ0n) is 11.8. The fraction of sp³-hybridized carbons (Fsp3) is 0.400. The molecule has 0 saturated heterocycles. The van der Waals surface area contributed by atoms with Crippen LogP contribution in [-0.2, 0) is 4.79 Å². The lowest BCUT2D eigenvalue weighted by Gasteiger charge is -2.13. The van der Waals surface area contributed by atoms with Crippen molar-refractivity contribution in [2.75, 3.05) is 0 Å². The van der Waals surface area contributed by atoms with Crippen LogP contribution in [0.4, 0.5) is 0 Å². The number of nitrogens with zero attached hydrogens (tertiary/aromatic N) is 1. The largest absolute Gasteiger partial charge is 0.478 e. The summed E-state index contributed by atoms with van der Waals surface area (Å²) in [6.07, 6.45) is 6.93. The number of amides is 1. The maximum absolute atomic E-state index is 12.1. The number of carboxylic acids is 1. The predicted molar refractivity (Wildman–Crippen MR) is 77.4 cm³/mol. The van der Waals surface area contributed by atoms with Crippen LogP contribution in [0.25, 0.3) is 6.08 Å². The summed E-state index contributed by atoms with van der Waals surface area (Å²) in [5, 5.41) is 11.5. The number of nitrogens with one attached hydrogen (secondary N) is 1. The van der Waals surface area contributed by atoms with Gasteiger partial charge in [0, 0.05) is 23.9 Å². The summed E-state index contributed by atoms with van der Waals surface area (Å²) in [4.78, 5) is 26.7. The first-order valence-electron chi connectivity index (χ1n) is 6.71. The molecule has 0 aliphatic heterocycles. The molecule has 1 amide bonds. The van der Waals surface area contributed by atoms with Crippen molar-refractivity contribution in [2.45, 2.75) is 39.2 Å². The van der Waals surface area contributed by atoms with Gasteiger partial charge in [0.2, 0.25) is 0 Å². The number of hydrogen-bond acceptors (Lipinski definition) is 3. The molecule has 20 heavy (non-hydrogen) atoms. The van der Waals surface area contributed by atoms with Crippen LogP contribution < -0.4 is 5.32 Å². The Bertz CT molecular complexity index is 498. The zero-order chi connectivity index (χ0) is 15.0. The molecule has 1 atom stereocenters. The third-order valence-corrected chi connectivity index (χ3v) is 2.83. The second kappa shape index (κ2) is 8.09. The first-order valence-corrected chi connectivity index (χ1v) is 6.71. The van der Waals surface area contributed by atoms with Gasteiger partial charge in [-0.15, -0.1) is 0 Å². The van der Waals surface area contributed by atoms with Crippen molar-refractivity contribution >= 4 is 18.0 Å². The first kappa shape index (κ1) is 15.9. The van der Waals surface area contributed by atoms with E-state index in [2.05, 4.69) is 17.2 Å². The minimum absolute atomic E-state index is 0.0701. The van der Waals surface area contributed by atoms with Crippen molar-refractivity contribution in [3.05, 3.63) is 35.7 Å². The summed E-state index contributed by atoms with van der Waals surface area (Å²) in [6, 6.07) is 3.40. The SMILES string of the molecule is CCCCC(C)NC(=O)c1ncccc1/C=C/C(=O)O. The minimum Gasteiger partial charge on any atom is -0.478 e. The van der Waals surface area contributed by atoms with Gasteiger partial charge in [0.05, 0.1) is 0 Å². The minimum atomic E-state index is -1.06. The van der Waals surface area contributed by atoms with Crippen LogP contribution in [-0.4, -0.2) is 28.0 Å². The van der Waals surface area contributed by atoms with E-state index in [9.17, 15) is 9.59 Å². The highest BCUT2D eigenvalue weighted by molar-refractivity contribution is 5.97. The molecule has 0 spiro atoms. The number of carbonyl (C=O) groups excluding carboxylic acids is 1. The summed E-state index contributed by atoms with van der Waals surface area (Å²) in [6.45, 7) is 4.05. The van der Waals surface area contributed by atoms with Crippen molar-refractivity contribution in [1.29, 1.82) is 0 Å². The van der Waals surface area contributed by atoms with E-state index in [1.54, 1.807) is 12.1 Å². The molecule has 108 valence electrons. The van der Waals surface area contributed by atoms with Crippen LogP contribution in [0.1, 0.15) is 49.2 Å². The zero-order valence-corrected chi connectivity index (χ0v) is 11.8. The molecule has 1 rings (SSSR count). The van der Waals surface area contributed by atoms with E-state index >= 15 is 0 Å². The Balaban J connectivity index is 2.79. The summed E-state index contributed by atoms with van der Waals surface area (Å²) < 4.78 is 0. The van der Waals surface area contributed by atoms with E-state index < -0.39 is 5.97 Å². The van der Waals surface area contributed by atoms with Crippen molar-refractivity contribution < 1.29 is 14.7 Å². The fourth-order valence-corrected chi connectivity index (χ4v) is 1.78. The lowest BCUT2D eigenvalue weighted by molar-refractivity contribution is -0.131. The van der Waals surface area contributed by atoms with Gasteiger partial charge in [0.1, 0.15) is 5.69 Å². The molecule has 0 saturated carbocycles. The maximum atomic E-state index is 12.1. The molecule has 1 aromatic rings. The standard InChI is InChI=1S/C15H20N2O3/c1-3-4-6-11(2)17-15(20)14-12(7-5-10-16-14)8-9-13(18)19/h5,7-11H,3-4,6H2,1-2H3,(H,17,20)(H,18,19)/b9-8+. The molecule has 0 bridgehead atoms. The van der Waals surface area contributed by atoms with Crippen molar-refractivity contribution in [1.82, 2.24) is 10.3 Å². The average molecular weight is 276 g/mol. The van der Waals surface area contributed by atoms with Crippen LogP contribution in [0.2, 0.25) is 0 Å². The van der Waals surface area contributed by atoms with Crippen LogP contribution >= 0.6 is 0 Å². The monoisotopic (exact) mass is 276 g/mol. The van der Waals surface area contributed by atoms with E-state index in [-0.39, 0.29) is 17.6 Å². The van der Waals surface area contributed by atoms with Gasteiger partial charge in [-0.3, -0.25) is 9.78 Å². The Kier molecular flexibility index (Phi) is 6.43. The van der Waals surface area contributed by atoms with E-state index in [0.29, 0.717) is 5.56 Å². The third kappa shape index (κ3) is 5.22. The molecule has 1 aromatic heterocycles.